The first-order valence-electron chi connectivity index (χ1n) is 6.28. The van der Waals surface area contributed by atoms with Crippen LogP contribution in [0.5, 0.6) is 0 Å². The van der Waals surface area contributed by atoms with Crippen molar-refractivity contribution >= 4 is 17.3 Å². The molecule has 1 aromatic carbocycles. The van der Waals surface area contributed by atoms with E-state index < -0.39 is 6.04 Å². The van der Waals surface area contributed by atoms with Crippen LogP contribution in [0.25, 0.3) is 0 Å². The van der Waals surface area contributed by atoms with Gasteiger partial charge < -0.3 is 21.1 Å². The third-order valence-electron chi connectivity index (χ3n) is 3.83. The lowest BCUT2D eigenvalue weighted by atomic mass is 10.1. The summed E-state index contributed by atoms with van der Waals surface area (Å²) in [5.74, 6) is -0.151. The number of aliphatic hydroxyl groups excluding tert-OH is 1. The first kappa shape index (κ1) is 11.5. The van der Waals surface area contributed by atoms with E-state index in [0.29, 0.717) is 0 Å². The van der Waals surface area contributed by atoms with Crippen LogP contribution in [0.4, 0.5) is 11.4 Å². The summed E-state index contributed by atoms with van der Waals surface area (Å²) >= 11 is 0. The summed E-state index contributed by atoms with van der Waals surface area (Å²) in [5.41, 5.74) is 8.47. The SMILES string of the molecule is NC1C(=O)Nc2cc(N3CCCC3CO)ccc21. The summed E-state index contributed by atoms with van der Waals surface area (Å²) in [5, 5.41) is 12.1. The quantitative estimate of drug-likeness (QED) is 0.715. The van der Waals surface area contributed by atoms with Gasteiger partial charge in [0, 0.05) is 23.5 Å². The standard InChI is InChI=1S/C13H17N3O2/c14-12-10-4-3-8(6-11(10)15-13(12)18)16-5-1-2-9(16)7-17/h3-4,6,9,12,17H,1-2,5,7,14H2,(H,15,18). The van der Waals surface area contributed by atoms with Crippen LogP contribution in [0, 0.1) is 0 Å². The van der Waals surface area contributed by atoms with E-state index in [1.165, 1.54) is 0 Å². The van der Waals surface area contributed by atoms with Gasteiger partial charge in [0.15, 0.2) is 0 Å². The first-order chi connectivity index (χ1) is 8.70. The molecule has 5 heteroatoms. The Kier molecular flexibility index (Phi) is 2.72. The van der Waals surface area contributed by atoms with Crippen molar-refractivity contribution in [3.63, 3.8) is 0 Å². The Labute approximate surface area is 106 Å². The van der Waals surface area contributed by atoms with Crippen molar-refractivity contribution in [2.75, 3.05) is 23.4 Å². The number of anilines is 2. The molecule has 2 aliphatic rings. The summed E-state index contributed by atoms with van der Waals surface area (Å²) in [7, 11) is 0. The zero-order chi connectivity index (χ0) is 12.7. The minimum Gasteiger partial charge on any atom is -0.394 e. The van der Waals surface area contributed by atoms with E-state index >= 15 is 0 Å². The van der Waals surface area contributed by atoms with Crippen LogP contribution in [0.15, 0.2) is 18.2 Å². The predicted molar refractivity (Wildman–Crippen MR) is 69.5 cm³/mol. The number of amides is 1. The van der Waals surface area contributed by atoms with Crippen LogP contribution >= 0.6 is 0 Å². The van der Waals surface area contributed by atoms with Crippen molar-refractivity contribution in [1.82, 2.24) is 0 Å². The monoisotopic (exact) mass is 247 g/mol. The Balaban J connectivity index is 1.92. The van der Waals surface area contributed by atoms with Gasteiger partial charge in [0.05, 0.1) is 12.6 Å². The van der Waals surface area contributed by atoms with Crippen LogP contribution < -0.4 is 16.0 Å². The molecule has 0 radical (unpaired) electrons. The molecule has 2 aliphatic heterocycles. The molecule has 1 aromatic rings. The van der Waals surface area contributed by atoms with Gasteiger partial charge in [-0.1, -0.05) is 6.07 Å². The Bertz CT molecular complexity index is 489. The molecule has 96 valence electrons. The van der Waals surface area contributed by atoms with Gasteiger partial charge in [0.25, 0.3) is 0 Å². The molecular weight excluding hydrogens is 230 g/mol. The second-order valence-corrected chi connectivity index (χ2v) is 4.91. The van der Waals surface area contributed by atoms with E-state index in [4.69, 9.17) is 5.73 Å². The predicted octanol–water partition coefficient (Wildman–Crippen LogP) is 0.600. The minimum absolute atomic E-state index is 0.151. The number of aliphatic hydroxyl groups is 1. The number of nitrogens with zero attached hydrogens (tertiary/aromatic N) is 1. The Morgan fingerprint density at radius 2 is 2.33 bits per heavy atom. The zero-order valence-electron chi connectivity index (χ0n) is 10.1. The molecule has 0 bridgehead atoms. The Morgan fingerprint density at radius 1 is 1.50 bits per heavy atom. The number of benzene rings is 1. The normalized spacial score (nSPS) is 26.3. The third kappa shape index (κ3) is 1.67. The number of rotatable bonds is 2. The van der Waals surface area contributed by atoms with Crippen LogP contribution in [0.1, 0.15) is 24.4 Å². The van der Waals surface area contributed by atoms with Crippen LogP contribution in [0.2, 0.25) is 0 Å². The largest absolute Gasteiger partial charge is 0.394 e. The van der Waals surface area contributed by atoms with Crippen LogP contribution in [-0.2, 0) is 4.79 Å². The number of carbonyl (C=O) groups is 1. The highest BCUT2D eigenvalue weighted by Crippen LogP contribution is 2.34. The minimum atomic E-state index is -0.554. The Morgan fingerprint density at radius 3 is 3.11 bits per heavy atom. The zero-order valence-corrected chi connectivity index (χ0v) is 10.1. The molecule has 2 heterocycles. The summed E-state index contributed by atoms with van der Waals surface area (Å²) in [6.07, 6.45) is 2.10. The molecule has 0 aromatic heterocycles. The maximum Gasteiger partial charge on any atom is 0.245 e. The molecule has 2 unspecified atom stereocenters. The molecule has 4 N–H and O–H groups in total. The molecule has 0 spiro atoms. The van der Waals surface area contributed by atoms with Gasteiger partial charge in [-0.3, -0.25) is 4.79 Å². The van der Waals surface area contributed by atoms with Crippen molar-refractivity contribution in [1.29, 1.82) is 0 Å². The van der Waals surface area contributed by atoms with Gasteiger partial charge in [-0.2, -0.15) is 0 Å². The lowest BCUT2D eigenvalue weighted by Crippen LogP contribution is -2.31. The van der Waals surface area contributed by atoms with Gasteiger partial charge in [-0.25, -0.2) is 0 Å². The maximum atomic E-state index is 11.5. The fourth-order valence-corrected chi connectivity index (χ4v) is 2.82. The number of hydrogen-bond acceptors (Lipinski definition) is 4. The number of nitrogens with one attached hydrogen (secondary N) is 1. The summed E-state index contributed by atoms with van der Waals surface area (Å²) < 4.78 is 0. The highest BCUT2D eigenvalue weighted by Gasteiger charge is 2.29. The summed E-state index contributed by atoms with van der Waals surface area (Å²) in [6.45, 7) is 1.12. The molecule has 18 heavy (non-hydrogen) atoms. The molecular formula is C13H17N3O2. The summed E-state index contributed by atoms with van der Waals surface area (Å²) in [6, 6.07) is 5.47. The average molecular weight is 247 g/mol. The second kappa shape index (κ2) is 4.26. The number of fused-ring (bicyclic) bond motifs is 1. The van der Waals surface area contributed by atoms with E-state index in [9.17, 15) is 9.90 Å². The second-order valence-electron chi connectivity index (χ2n) is 4.91. The third-order valence-corrected chi connectivity index (χ3v) is 3.83. The number of carbonyl (C=O) groups excluding carboxylic acids is 1. The number of hydrogen-bond donors (Lipinski definition) is 3. The van der Waals surface area contributed by atoms with Crippen molar-refractivity contribution in [2.24, 2.45) is 5.73 Å². The van der Waals surface area contributed by atoms with E-state index in [1.54, 1.807) is 0 Å². The fraction of sp³-hybridized carbons (Fsp3) is 0.462. The smallest absolute Gasteiger partial charge is 0.245 e. The molecule has 3 rings (SSSR count). The molecule has 1 amide bonds. The van der Waals surface area contributed by atoms with Crippen molar-refractivity contribution < 1.29 is 9.90 Å². The molecule has 0 aliphatic carbocycles. The molecule has 5 nitrogen and oxygen atoms in total. The summed E-state index contributed by atoms with van der Waals surface area (Å²) in [4.78, 5) is 13.7. The topological polar surface area (TPSA) is 78.6 Å². The van der Waals surface area contributed by atoms with Gasteiger partial charge in [-0.05, 0) is 25.0 Å². The van der Waals surface area contributed by atoms with Gasteiger partial charge in [0.1, 0.15) is 6.04 Å². The Hall–Kier alpha value is -1.59. The van der Waals surface area contributed by atoms with E-state index in [-0.39, 0.29) is 18.6 Å². The molecule has 2 atom stereocenters. The van der Waals surface area contributed by atoms with Crippen molar-refractivity contribution in [2.45, 2.75) is 24.9 Å². The molecule has 1 saturated heterocycles. The van der Waals surface area contributed by atoms with Crippen molar-refractivity contribution in [3.8, 4) is 0 Å². The molecule has 1 fully saturated rings. The highest BCUT2D eigenvalue weighted by atomic mass is 16.3. The van der Waals surface area contributed by atoms with Gasteiger partial charge in [-0.15, -0.1) is 0 Å². The number of nitrogens with two attached hydrogens (primary N) is 1. The van der Waals surface area contributed by atoms with E-state index in [1.807, 2.05) is 18.2 Å². The van der Waals surface area contributed by atoms with E-state index in [0.717, 1.165) is 36.3 Å². The van der Waals surface area contributed by atoms with Crippen LogP contribution in [0.3, 0.4) is 0 Å². The lowest BCUT2D eigenvalue weighted by Gasteiger charge is -2.25. The first-order valence-corrected chi connectivity index (χ1v) is 6.28. The average Bonchev–Trinajstić information content (AvgIpc) is 2.95. The lowest BCUT2D eigenvalue weighted by molar-refractivity contribution is -0.116. The fourth-order valence-electron chi connectivity index (χ4n) is 2.82. The van der Waals surface area contributed by atoms with E-state index in [2.05, 4.69) is 10.2 Å². The van der Waals surface area contributed by atoms with Crippen LogP contribution in [-0.4, -0.2) is 30.2 Å². The highest BCUT2D eigenvalue weighted by molar-refractivity contribution is 6.02. The van der Waals surface area contributed by atoms with Crippen molar-refractivity contribution in [3.05, 3.63) is 23.8 Å². The maximum absolute atomic E-state index is 11.5. The van der Waals surface area contributed by atoms with Gasteiger partial charge >= 0.3 is 0 Å². The van der Waals surface area contributed by atoms with Gasteiger partial charge in [0.2, 0.25) is 5.91 Å². The molecule has 0 saturated carbocycles.